The summed E-state index contributed by atoms with van der Waals surface area (Å²) >= 11 is 3.10. The molecule has 9 heteroatoms. The van der Waals surface area contributed by atoms with Gasteiger partial charge < -0.3 is 15.6 Å². The lowest BCUT2D eigenvalue weighted by Crippen LogP contribution is -2.38. The highest BCUT2D eigenvalue weighted by atomic mass is 32.2. The Kier molecular flexibility index (Phi) is 5.16. The van der Waals surface area contributed by atoms with Crippen LogP contribution in [0, 0.1) is 0 Å². The molecule has 0 bridgehead atoms. The van der Waals surface area contributed by atoms with Gasteiger partial charge in [0.1, 0.15) is 5.01 Å². The number of anilines is 1. The van der Waals surface area contributed by atoms with Crippen LogP contribution in [0.25, 0.3) is 0 Å². The number of nitrogens with zero attached hydrogens (tertiary/aromatic N) is 4. The summed E-state index contributed by atoms with van der Waals surface area (Å²) in [5, 5.41) is 13.4. The third-order valence-corrected chi connectivity index (χ3v) is 6.04. The van der Waals surface area contributed by atoms with Gasteiger partial charge in [0, 0.05) is 30.7 Å². The van der Waals surface area contributed by atoms with E-state index in [1.165, 1.54) is 11.3 Å². The van der Waals surface area contributed by atoms with Gasteiger partial charge >= 0.3 is 0 Å². The zero-order valence-electron chi connectivity index (χ0n) is 12.9. The van der Waals surface area contributed by atoms with Crippen LogP contribution in [0.3, 0.4) is 0 Å². The minimum Gasteiger partial charge on any atom is -0.374 e. The third kappa shape index (κ3) is 4.44. The first-order valence-electron chi connectivity index (χ1n) is 7.61. The van der Waals surface area contributed by atoms with Crippen molar-refractivity contribution in [3.63, 3.8) is 0 Å². The highest BCUT2D eigenvalue weighted by Crippen LogP contribution is 2.32. The monoisotopic (exact) mass is 352 g/mol. The SMILES string of the molecule is Cn1ccnc1SC1CCC(NC(=O)Cc2nnc(N)s2)CC1. The van der Waals surface area contributed by atoms with Crippen molar-refractivity contribution in [2.75, 3.05) is 5.73 Å². The zero-order chi connectivity index (χ0) is 16.2. The Labute approximate surface area is 143 Å². The van der Waals surface area contributed by atoms with Gasteiger partial charge in [-0.25, -0.2) is 4.98 Å². The smallest absolute Gasteiger partial charge is 0.227 e. The van der Waals surface area contributed by atoms with Gasteiger partial charge in [-0.05, 0) is 25.7 Å². The van der Waals surface area contributed by atoms with Crippen LogP contribution in [0.5, 0.6) is 0 Å². The Morgan fingerprint density at radius 3 is 2.83 bits per heavy atom. The van der Waals surface area contributed by atoms with E-state index in [9.17, 15) is 4.79 Å². The number of hydrogen-bond acceptors (Lipinski definition) is 7. The van der Waals surface area contributed by atoms with Gasteiger partial charge in [-0.1, -0.05) is 23.1 Å². The quantitative estimate of drug-likeness (QED) is 0.848. The molecule has 1 fully saturated rings. The largest absolute Gasteiger partial charge is 0.374 e. The van der Waals surface area contributed by atoms with Crippen molar-refractivity contribution in [2.45, 2.75) is 48.6 Å². The van der Waals surface area contributed by atoms with Crippen LogP contribution in [0.1, 0.15) is 30.7 Å². The maximum Gasteiger partial charge on any atom is 0.227 e. The summed E-state index contributed by atoms with van der Waals surface area (Å²) in [4.78, 5) is 16.4. The van der Waals surface area contributed by atoms with Crippen LogP contribution >= 0.6 is 23.1 Å². The maximum atomic E-state index is 12.0. The molecule has 1 aliphatic rings. The predicted molar refractivity (Wildman–Crippen MR) is 91.3 cm³/mol. The number of nitrogens with two attached hydrogens (primary N) is 1. The number of amides is 1. The third-order valence-electron chi connectivity index (χ3n) is 3.88. The number of carbonyl (C=O) groups is 1. The molecule has 7 nitrogen and oxygen atoms in total. The summed E-state index contributed by atoms with van der Waals surface area (Å²) < 4.78 is 2.05. The van der Waals surface area contributed by atoms with Gasteiger partial charge in [0.2, 0.25) is 11.0 Å². The van der Waals surface area contributed by atoms with E-state index >= 15 is 0 Å². The van der Waals surface area contributed by atoms with E-state index < -0.39 is 0 Å². The molecule has 124 valence electrons. The van der Waals surface area contributed by atoms with E-state index in [0.717, 1.165) is 30.8 Å². The molecule has 0 saturated heterocycles. The summed E-state index contributed by atoms with van der Waals surface area (Å²) in [5.74, 6) is 0.00125. The average Bonchev–Trinajstić information content (AvgIpc) is 3.10. The van der Waals surface area contributed by atoms with Gasteiger partial charge in [0.05, 0.1) is 6.42 Å². The van der Waals surface area contributed by atoms with Crippen LogP contribution in [0.4, 0.5) is 5.13 Å². The van der Waals surface area contributed by atoms with Crippen molar-refractivity contribution in [3.05, 3.63) is 17.4 Å². The number of nitrogens with one attached hydrogen (secondary N) is 1. The molecule has 0 radical (unpaired) electrons. The molecule has 0 spiro atoms. The van der Waals surface area contributed by atoms with Crippen molar-refractivity contribution < 1.29 is 4.79 Å². The second kappa shape index (κ2) is 7.31. The molecule has 0 atom stereocenters. The second-order valence-corrected chi connectivity index (χ2v) is 8.05. The van der Waals surface area contributed by atoms with Crippen molar-refractivity contribution in [1.29, 1.82) is 0 Å². The molecule has 23 heavy (non-hydrogen) atoms. The summed E-state index contributed by atoms with van der Waals surface area (Å²) in [6, 6.07) is 0.256. The Hall–Kier alpha value is -1.61. The average molecular weight is 352 g/mol. The Bertz CT molecular complexity index is 662. The minimum absolute atomic E-state index is 0.00125. The van der Waals surface area contributed by atoms with Gasteiger partial charge in [0.15, 0.2) is 5.16 Å². The van der Waals surface area contributed by atoms with Gasteiger partial charge in [0.25, 0.3) is 0 Å². The first-order chi connectivity index (χ1) is 11.1. The highest BCUT2D eigenvalue weighted by molar-refractivity contribution is 7.99. The van der Waals surface area contributed by atoms with E-state index in [2.05, 4.69) is 20.5 Å². The van der Waals surface area contributed by atoms with Crippen LogP contribution in [0.15, 0.2) is 17.6 Å². The molecule has 3 N–H and O–H groups in total. The first-order valence-corrected chi connectivity index (χ1v) is 9.31. The lowest BCUT2D eigenvalue weighted by atomic mass is 9.95. The molecule has 2 heterocycles. The summed E-state index contributed by atoms with van der Waals surface area (Å²) in [5.41, 5.74) is 5.52. The van der Waals surface area contributed by atoms with Crippen LogP contribution in [-0.4, -0.2) is 36.9 Å². The van der Waals surface area contributed by atoms with Gasteiger partial charge in [-0.3, -0.25) is 4.79 Å². The lowest BCUT2D eigenvalue weighted by Gasteiger charge is -2.28. The molecule has 0 aliphatic heterocycles. The summed E-state index contributed by atoms with van der Waals surface area (Å²) in [6.07, 6.45) is 8.25. The maximum absolute atomic E-state index is 12.0. The number of carbonyl (C=O) groups excluding carboxylic acids is 1. The van der Waals surface area contributed by atoms with Crippen LogP contribution in [-0.2, 0) is 18.3 Å². The highest BCUT2D eigenvalue weighted by Gasteiger charge is 2.24. The number of aryl methyl sites for hydroxylation is 1. The number of aromatic nitrogens is 4. The Balaban J connectivity index is 1.42. The van der Waals surface area contributed by atoms with Crippen molar-refractivity contribution in [2.24, 2.45) is 7.05 Å². The fourth-order valence-electron chi connectivity index (χ4n) is 2.69. The van der Waals surface area contributed by atoms with E-state index in [0.29, 0.717) is 15.4 Å². The number of imidazole rings is 1. The summed E-state index contributed by atoms with van der Waals surface area (Å²) in [6.45, 7) is 0. The molecule has 0 aromatic carbocycles. The number of hydrogen-bond donors (Lipinski definition) is 2. The lowest BCUT2D eigenvalue weighted by molar-refractivity contribution is -0.121. The normalized spacial score (nSPS) is 21.3. The van der Waals surface area contributed by atoms with E-state index in [1.807, 2.05) is 35.8 Å². The molecule has 1 aliphatic carbocycles. The number of thioether (sulfide) groups is 1. The van der Waals surface area contributed by atoms with E-state index in [1.54, 1.807) is 0 Å². The van der Waals surface area contributed by atoms with E-state index in [-0.39, 0.29) is 18.4 Å². The molecular weight excluding hydrogens is 332 g/mol. The van der Waals surface area contributed by atoms with Gasteiger partial charge in [-0.2, -0.15) is 0 Å². The van der Waals surface area contributed by atoms with Crippen molar-refractivity contribution >= 4 is 34.1 Å². The van der Waals surface area contributed by atoms with Crippen molar-refractivity contribution in [1.82, 2.24) is 25.1 Å². The standard InChI is InChI=1S/C14H20N6OS2/c1-20-7-6-16-14(20)22-10-4-2-9(3-5-10)17-11(21)8-12-18-19-13(15)23-12/h6-7,9-10H,2-5,8H2,1H3,(H2,15,19)(H,17,21). The predicted octanol–water partition coefficient (Wildman–Crippen LogP) is 1.62. The molecule has 3 rings (SSSR count). The molecule has 2 aromatic heterocycles. The zero-order valence-corrected chi connectivity index (χ0v) is 14.6. The molecule has 2 aromatic rings. The Morgan fingerprint density at radius 1 is 1.43 bits per heavy atom. The summed E-state index contributed by atoms with van der Waals surface area (Å²) in [7, 11) is 2.02. The number of nitrogen functional groups attached to an aromatic ring is 1. The first kappa shape index (κ1) is 16.3. The van der Waals surface area contributed by atoms with Crippen LogP contribution in [0.2, 0.25) is 0 Å². The van der Waals surface area contributed by atoms with E-state index in [4.69, 9.17) is 5.73 Å². The van der Waals surface area contributed by atoms with Crippen LogP contribution < -0.4 is 11.1 Å². The Morgan fingerprint density at radius 2 is 2.22 bits per heavy atom. The molecule has 1 saturated carbocycles. The van der Waals surface area contributed by atoms with Crippen molar-refractivity contribution in [3.8, 4) is 0 Å². The molecule has 0 unspecified atom stereocenters. The fourth-order valence-corrected chi connectivity index (χ4v) is 4.46. The number of rotatable bonds is 5. The minimum atomic E-state index is 0.00125. The topological polar surface area (TPSA) is 98.7 Å². The fraction of sp³-hybridized carbons (Fsp3) is 0.571. The van der Waals surface area contributed by atoms with Gasteiger partial charge in [-0.15, -0.1) is 10.2 Å². The molecule has 1 amide bonds. The molecular formula is C14H20N6OS2. The second-order valence-electron chi connectivity index (χ2n) is 5.69.